The summed E-state index contributed by atoms with van der Waals surface area (Å²) >= 11 is 0. The fourth-order valence-electron chi connectivity index (χ4n) is 1.61. The lowest BCUT2D eigenvalue weighted by atomic mass is 10.1. The summed E-state index contributed by atoms with van der Waals surface area (Å²) < 4.78 is 7.20. The first-order valence-corrected chi connectivity index (χ1v) is 5.48. The van der Waals surface area contributed by atoms with Gasteiger partial charge in [-0.1, -0.05) is 13.3 Å². The molecule has 0 fully saturated rings. The standard InChI is InChI=1S/C11H20N2O2/c1-4-6-10(15-5-2)11(14)9-7-8-13(3)12-9/h7-8,10-11,14H,4-6H2,1-3H3. The number of rotatable bonds is 6. The predicted molar refractivity (Wildman–Crippen MR) is 58.5 cm³/mol. The molecule has 0 aliphatic carbocycles. The van der Waals surface area contributed by atoms with Gasteiger partial charge in [0.2, 0.25) is 0 Å². The Bertz CT molecular complexity index is 280. The minimum atomic E-state index is -0.619. The van der Waals surface area contributed by atoms with E-state index in [0.29, 0.717) is 12.3 Å². The first-order chi connectivity index (χ1) is 7.19. The van der Waals surface area contributed by atoms with Crippen molar-refractivity contribution < 1.29 is 9.84 Å². The summed E-state index contributed by atoms with van der Waals surface area (Å²) in [7, 11) is 1.84. The summed E-state index contributed by atoms with van der Waals surface area (Å²) in [4.78, 5) is 0. The van der Waals surface area contributed by atoms with E-state index < -0.39 is 6.10 Å². The maximum absolute atomic E-state index is 10.1. The highest BCUT2D eigenvalue weighted by atomic mass is 16.5. The van der Waals surface area contributed by atoms with Crippen LogP contribution in [0.25, 0.3) is 0 Å². The molecule has 86 valence electrons. The van der Waals surface area contributed by atoms with E-state index in [1.807, 2.05) is 26.2 Å². The van der Waals surface area contributed by atoms with E-state index in [2.05, 4.69) is 12.0 Å². The quantitative estimate of drug-likeness (QED) is 0.780. The monoisotopic (exact) mass is 212 g/mol. The zero-order chi connectivity index (χ0) is 11.3. The number of aromatic nitrogens is 2. The molecule has 0 amide bonds. The van der Waals surface area contributed by atoms with Gasteiger partial charge in [-0.25, -0.2) is 0 Å². The SMILES string of the molecule is CCCC(OCC)C(O)c1ccn(C)n1. The smallest absolute Gasteiger partial charge is 0.124 e. The Hall–Kier alpha value is -0.870. The number of aliphatic hydroxyl groups is 1. The molecule has 0 bridgehead atoms. The van der Waals surface area contributed by atoms with Crippen LogP contribution in [0.5, 0.6) is 0 Å². The summed E-state index contributed by atoms with van der Waals surface area (Å²) in [5.74, 6) is 0. The Morgan fingerprint density at radius 3 is 2.73 bits per heavy atom. The molecule has 0 spiro atoms. The Labute approximate surface area is 90.9 Å². The Morgan fingerprint density at radius 2 is 2.27 bits per heavy atom. The zero-order valence-corrected chi connectivity index (χ0v) is 9.68. The molecule has 0 aromatic carbocycles. The molecule has 4 heteroatoms. The third-order valence-corrected chi connectivity index (χ3v) is 2.34. The summed E-state index contributed by atoms with van der Waals surface area (Å²) in [5, 5.41) is 14.2. The second-order valence-electron chi connectivity index (χ2n) is 3.64. The lowest BCUT2D eigenvalue weighted by Gasteiger charge is -2.20. The molecule has 0 aliphatic heterocycles. The Kier molecular flexibility index (Phi) is 4.78. The van der Waals surface area contributed by atoms with Gasteiger partial charge < -0.3 is 9.84 Å². The maximum Gasteiger partial charge on any atom is 0.124 e. The van der Waals surface area contributed by atoms with Gasteiger partial charge in [-0.2, -0.15) is 5.10 Å². The summed E-state index contributed by atoms with van der Waals surface area (Å²) in [6, 6.07) is 1.83. The number of aliphatic hydroxyl groups excluding tert-OH is 1. The highest BCUT2D eigenvalue weighted by molar-refractivity contribution is 5.04. The second-order valence-corrected chi connectivity index (χ2v) is 3.64. The van der Waals surface area contributed by atoms with Gasteiger partial charge in [0.1, 0.15) is 6.10 Å². The molecule has 4 nitrogen and oxygen atoms in total. The molecule has 1 N–H and O–H groups in total. The van der Waals surface area contributed by atoms with E-state index in [-0.39, 0.29) is 6.10 Å². The number of aryl methyl sites for hydroxylation is 1. The van der Waals surface area contributed by atoms with Crippen LogP contribution in [0.4, 0.5) is 0 Å². The van der Waals surface area contributed by atoms with Crippen molar-refractivity contribution in [2.24, 2.45) is 7.05 Å². The largest absolute Gasteiger partial charge is 0.384 e. The van der Waals surface area contributed by atoms with E-state index in [1.165, 1.54) is 0 Å². The van der Waals surface area contributed by atoms with Crippen LogP contribution in [0.2, 0.25) is 0 Å². The lowest BCUT2D eigenvalue weighted by Crippen LogP contribution is -2.22. The normalized spacial score (nSPS) is 15.2. The maximum atomic E-state index is 10.1. The van der Waals surface area contributed by atoms with Crippen molar-refractivity contribution in [1.82, 2.24) is 9.78 Å². The molecule has 2 atom stereocenters. The molecule has 15 heavy (non-hydrogen) atoms. The van der Waals surface area contributed by atoms with Crippen molar-refractivity contribution in [3.8, 4) is 0 Å². The first kappa shape index (κ1) is 12.2. The van der Waals surface area contributed by atoms with Crippen LogP contribution < -0.4 is 0 Å². The van der Waals surface area contributed by atoms with Gasteiger partial charge in [-0.15, -0.1) is 0 Å². The van der Waals surface area contributed by atoms with Crippen LogP contribution in [0.1, 0.15) is 38.5 Å². The van der Waals surface area contributed by atoms with Crippen LogP contribution >= 0.6 is 0 Å². The lowest BCUT2D eigenvalue weighted by molar-refractivity contribution is -0.0404. The third kappa shape index (κ3) is 3.32. The van der Waals surface area contributed by atoms with Crippen LogP contribution in [0, 0.1) is 0 Å². The number of hydrogen-bond acceptors (Lipinski definition) is 3. The van der Waals surface area contributed by atoms with Crippen molar-refractivity contribution in [2.45, 2.75) is 38.9 Å². The van der Waals surface area contributed by atoms with Gasteiger partial charge in [-0.05, 0) is 19.4 Å². The van der Waals surface area contributed by atoms with Crippen molar-refractivity contribution in [2.75, 3.05) is 6.61 Å². The Morgan fingerprint density at radius 1 is 1.53 bits per heavy atom. The van der Waals surface area contributed by atoms with Crippen molar-refractivity contribution in [3.63, 3.8) is 0 Å². The van der Waals surface area contributed by atoms with E-state index in [4.69, 9.17) is 4.74 Å². The molecule has 1 aromatic heterocycles. The first-order valence-electron chi connectivity index (χ1n) is 5.48. The molecule has 1 aromatic rings. The van der Waals surface area contributed by atoms with Gasteiger partial charge in [0.15, 0.2) is 0 Å². The highest BCUT2D eigenvalue weighted by Crippen LogP contribution is 2.20. The van der Waals surface area contributed by atoms with Gasteiger partial charge in [0.25, 0.3) is 0 Å². The van der Waals surface area contributed by atoms with Crippen molar-refractivity contribution >= 4 is 0 Å². The zero-order valence-electron chi connectivity index (χ0n) is 9.68. The fourth-order valence-corrected chi connectivity index (χ4v) is 1.61. The minimum Gasteiger partial charge on any atom is -0.384 e. The second kappa shape index (κ2) is 5.88. The number of nitrogens with zero attached hydrogens (tertiary/aromatic N) is 2. The Balaban J connectivity index is 2.66. The van der Waals surface area contributed by atoms with Gasteiger partial charge >= 0.3 is 0 Å². The van der Waals surface area contributed by atoms with E-state index >= 15 is 0 Å². The average Bonchev–Trinajstić information content (AvgIpc) is 2.63. The topological polar surface area (TPSA) is 47.3 Å². The summed E-state index contributed by atoms with van der Waals surface area (Å²) in [6.07, 6.45) is 2.91. The molecule has 2 unspecified atom stereocenters. The van der Waals surface area contributed by atoms with Crippen LogP contribution in [-0.4, -0.2) is 27.6 Å². The molecule has 1 heterocycles. The van der Waals surface area contributed by atoms with Gasteiger partial charge in [-0.3, -0.25) is 4.68 Å². The summed E-state index contributed by atoms with van der Waals surface area (Å²) in [6.45, 7) is 4.64. The van der Waals surface area contributed by atoms with E-state index in [9.17, 15) is 5.11 Å². The third-order valence-electron chi connectivity index (χ3n) is 2.34. The molecular weight excluding hydrogens is 192 g/mol. The number of hydrogen-bond donors (Lipinski definition) is 1. The molecule has 0 aliphatic rings. The van der Waals surface area contributed by atoms with Gasteiger partial charge in [0.05, 0.1) is 11.8 Å². The van der Waals surface area contributed by atoms with Crippen molar-refractivity contribution in [1.29, 1.82) is 0 Å². The summed E-state index contributed by atoms with van der Waals surface area (Å²) in [5.41, 5.74) is 0.685. The van der Waals surface area contributed by atoms with Crippen LogP contribution in [0.3, 0.4) is 0 Å². The molecular formula is C11H20N2O2. The van der Waals surface area contributed by atoms with Crippen LogP contribution in [-0.2, 0) is 11.8 Å². The minimum absolute atomic E-state index is 0.144. The van der Waals surface area contributed by atoms with Crippen molar-refractivity contribution in [3.05, 3.63) is 18.0 Å². The number of ether oxygens (including phenoxy) is 1. The fraction of sp³-hybridized carbons (Fsp3) is 0.727. The average molecular weight is 212 g/mol. The molecule has 1 rings (SSSR count). The molecule has 0 saturated heterocycles. The van der Waals surface area contributed by atoms with Crippen LogP contribution in [0.15, 0.2) is 12.3 Å². The van der Waals surface area contributed by atoms with E-state index in [1.54, 1.807) is 4.68 Å². The van der Waals surface area contributed by atoms with E-state index in [0.717, 1.165) is 12.8 Å². The highest BCUT2D eigenvalue weighted by Gasteiger charge is 2.22. The molecule has 0 radical (unpaired) electrons. The molecule has 0 saturated carbocycles. The van der Waals surface area contributed by atoms with Gasteiger partial charge in [0, 0.05) is 19.9 Å². The predicted octanol–water partition coefficient (Wildman–Crippen LogP) is 1.66.